The second-order valence-electron chi connectivity index (χ2n) is 7.23. The first kappa shape index (κ1) is 21.1. The molecule has 0 aromatic heterocycles. The van der Waals surface area contributed by atoms with E-state index in [0.717, 1.165) is 0 Å². The Labute approximate surface area is 180 Å². The van der Waals surface area contributed by atoms with Crippen molar-refractivity contribution in [1.82, 2.24) is 0 Å². The Morgan fingerprint density at radius 2 is 0.567 bits per heavy atom. The summed E-state index contributed by atoms with van der Waals surface area (Å²) >= 11 is 0. The minimum Gasteiger partial charge on any atom is -0.0622 e. The van der Waals surface area contributed by atoms with E-state index in [1.54, 1.807) is 0 Å². The molecule has 0 nitrogen and oxygen atoms in total. The number of aryl methyl sites for hydroxylation is 2. The maximum Gasteiger partial charge on any atom is -0.0184 e. The van der Waals surface area contributed by atoms with Crippen molar-refractivity contribution in [3.8, 4) is 11.1 Å². The molecule has 0 aliphatic heterocycles. The van der Waals surface area contributed by atoms with E-state index in [-0.39, 0.29) is 0 Å². The molecule has 5 aromatic rings. The first-order valence-electron chi connectivity index (χ1n) is 10.3. The third-order valence-electron chi connectivity index (χ3n) is 4.76. The lowest BCUT2D eigenvalue weighted by molar-refractivity contribution is 1.40. The van der Waals surface area contributed by atoms with Gasteiger partial charge < -0.3 is 0 Å². The van der Waals surface area contributed by atoms with E-state index < -0.39 is 0 Å². The molecule has 0 heterocycles. The summed E-state index contributed by atoms with van der Waals surface area (Å²) in [6, 6.07) is 46.0. The average molecular weight is 389 g/mol. The van der Waals surface area contributed by atoms with Gasteiger partial charge in [0.15, 0.2) is 0 Å². The normalized spacial score (nSPS) is 9.67. The smallest absolute Gasteiger partial charge is 0.0184 e. The highest BCUT2D eigenvalue weighted by Crippen LogP contribution is 2.17. The van der Waals surface area contributed by atoms with Crippen LogP contribution in [0.15, 0.2) is 133 Å². The highest BCUT2D eigenvalue weighted by Gasteiger charge is 1.91. The van der Waals surface area contributed by atoms with Gasteiger partial charge in [-0.25, -0.2) is 0 Å². The number of hydrogen-bond donors (Lipinski definition) is 0. The molecular formula is C30H28. The Morgan fingerprint density at radius 3 is 0.867 bits per heavy atom. The lowest BCUT2D eigenvalue weighted by Crippen LogP contribution is -1.73. The predicted octanol–water partition coefficient (Wildman–Crippen LogP) is 8.50. The number of hydrogen-bond acceptors (Lipinski definition) is 0. The molecule has 0 heteroatoms. The molecule has 0 aliphatic rings. The van der Waals surface area contributed by atoms with Crippen molar-refractivity contribution in [2.45, 2.75) is 13.8 Å². The zero-order chi connectivity index (χ0) is 21.0. The molecule has 0 saturated heterocycles. The number of benzene rings is 5. The molecule has 30 heavy (non-hydrogen) atoms. The fourth-order valence-electron chi connectivity index (χ4n) is 3.03. The lowest BCUT2D eigenvalue weighted by Gasteiger charge is -1.98. The van der Waals surface area contributed by atoms with Gasteiger partial charge in [0.1, 0.15) is 0 Å². The van der Waals surface area contributed by atoms with Crippen LogP contribution in [0.1, 0.15) is 11.1 Å². The Morgan fingerprint density at radius 1 is 0.300 bits per heavy atom. The van der Waals surface area contributed by atoms with Gasteiger partial charge in [0.25, 0.3) is 0 Å². The number of fused-ring (bicyclic) bond motifs is 1. The maximum atomic E-state index is 2.12. The quantitative estimate of drug-likeness (QED) is 0.270. The minimum absolute atomic E-state index is 1.28. The van der Waals surface area contributed by atoms with E-state index in [2.05, 4.69) is 135 Å². The molecule has 0 N–H and O–H groups in total. The van der Waals surface area contributed by atoms with Crippen molar-refractivity contribution in [1.29, 1.82) is 0 Å². The van der Waals surface area contributed by atoms with E-state index in [4.69, 9.17) is 0 Å². The SMILES string of the molecule is Cc1ccc(C)cc1.c1ccc(-c2ccccc2)cc1.c1ccc2ccccc2c1. The van der Waals surface area contributed by atoms with Gasteiger partial charge in [0, 0.05) is 0 Å². The molecular weight excluding hydrogens is 360 g/mol. The standard InChI is InChI=1S/C12H10.C10H8.C8H10/c1-3-7-11(8-4-1)12-9-5-2-6-10-12;1-2-6-10-8-4-3-7-9(10)5-1;1-7-3-5-8(2)6-4-7/h1-10H;1-8H;3-6H,1-2H3. The van der Waals surface area contributed by atoms with Gasteiger partial charge in [0.2, 0.25) is 0 Å². The third-order valence-corrected chi connectivity index (χ3v) is 4.76. The Hall–Kier alpha value is -3.64. The summed E-state index contributed by atoms with van der Waals surface area (Å²) in [6.07, 6.45) is 0. The first-order chi connectivity index (χ1) is 14.7. The number of rotatable bonds is 1. The van der Waals surface area contributed by atoms with Gasteiger partial charge in [-0.15, -0.1) is 0 Å². The minimum atomic E-state index is 1.28. The topological polar surface area (TPSA) is 0 Å². The summed E-state index contributed by atoms with van der Waals surface area (Å²) in [7, 11) is 0. The fraction of sp³-hybridized carbons (Fsp3) is 0.0667. The highest BCUT2D eigenvalue weighted by molar-refractivity contribution is 5.82. The van der Waals surface area contributed by atoms with E-state index in [9.17, 15) is 0 Å². The van der Waals surface area contributed by atoms with Gasteiger partial charge in [0.05, 0.1) is 0 Å². The summed E-state index contributed by atoms with van der Waals surface area (Å²) < 4.78 is 0. The van der Waals surface area contributed by atoms with E-state index >= 15 is 0 Å². The van der Waals surface area contributed by atoms with Crippen molar-refractivity contribution in [3.63, 3.8) is 0 Å². The molecule has 0 aliphatic carbocycles. The van der Waals surface area contributed by atoms with Crippen LogP contribution < -0.4 is 0 Å². The van der Waals surface area contributed by atoms with Gasteiger partial charge in [-0.1, -0.05) is 145 Å². The van der Waals surface area contributed by atoms with Gasteiger partial charge in [-0.3, -0.25) is 0 Å². The Balaban J connectivity index is 0.000000131. The van der Waals surface area contributed by atoms with Crippen molar-refractivity contribution in [2.75, 3.05) is 0 Å². The third kappa shape index (κ3) is 6.76. The molecule has 5 rings (SSSR count). The Bertz CT molecular complexity index is 1000. The van der Waals surface area contributed by atoms with Crippen LogP contribution in [0.25, 0.3) is 21.9 Å². The molecule has 0 fully saturated rings. The second-order valence-corrected chi connectivity index (χ2v) is 7.23. The van der Waals surface area contributed by atoms with Crippen molar-refractivity contribution in [2.24, 2.45) is 0 Å². The van der Waals surface area contributed by atoms with Crippen LogP contribution in [-0.4, -0.2) is 0 Å². The maximum absolute atomic E-state index is 2.12. The molecule has 0 bridgehead atoms. The largest absolute Gasteiger partial charge is 0.0622 e. The monoisotopic (exact) mass is 388 g/mol. The van der Waals surface area contributed by atoms with Crippen LogP contribution in [0.2, 0.25) is 0 Å². The summed E-state index contributed by atoms with van der Waals surface area (Å²) in [5.41, 5.74) is 5.21. The Kier molecular flexibility index (Phi) is 8.00. The van der Waals surface area contributed by atoms with Crippen molar-refractivity contribution >= 4 is 10.8 Å². The van der Waals surface area contributed by atoms with Gasteiger partial charge in [-0.05, 0) is 35.7 Å². The molecule has 0 unspecified atom stereocenters. The first-order valence-corrected chi connectivity index (χ1v) is 10.3. The summed E-state index contributed by atoms with van der Waals surface area (Å²) in [5, 5.41) is 2.62. The summed E-state index contributed by atoms with van der Waals surface area (Å²) in [4.78, 5) is 0. The van der Waals surface area contributed by atoms with E-state index in [1.807, 2.05) is 12.1 Å². The van der Waals surface area contributed by atoms with Gasteiger partial charge >= 0.3 is 0 Å². The van der Waals surface area contributed by atoms with Crippen LogP contribution in [0.3, 0.4) is 0 Å². The molecule has 0 saturated carbocycles. The molecule has 0 atom stereocenters. The molecule has 0 amide bonds. The van der Waals surface area contributed by atoms with Crippen molar-refractivity contribution in [3.05, 3.63) is 145 Å². The summed E-state index contributed by atoms with van der Waals surface area (Å²) in [6.45, 7) is 4.19. The molecule has 0 spiro atoms. The second kappa shape index (κ2) is 11.4. The predicted molar refractivity (Wildman–Crippen MR) is 132 cm³/mol. The van der Waals surface area contributed by atoms with Crippen LogP contribution in [0, 0.1) is 13.8 Å². The molecule has 5 aromatic carbocycles. The average Bonchev–Trinajstić information content (AvgIpc) is 2.83. The van der Waals surface area contributed by atoms with Crippen LogP contribution in [0.5, 0.6) is 0 Å². The lowest BCUT2D eigenvalue weighted by atomic mass is 10.1. The van der Waals surface area contributed by atoms with E-state index in [1.165, 1.54) is 33.0 Å². The summed E-state index contributed by atoms with van der Waals surface area (Å²) in [5.74, 6) is 0. The van der Waals surface area contributed by atoms with Gasteiger partial charge in [-0.2, -0.15) is 0 Å². The molecule has 148 valence electrons. The fourth-order valence-corrected chi connectivity index (χ4v) is 3.03. The van der Waals surface area contributed by atoms with Crippen LogP contribution >= 0.6 is 0 Å². The zero-order valence-electron chi connectivity index (χ0n) is 17.7. The highest BCUT2D eigenvalue weighted by atomic mass is 14.0. The van der Waals surface area contributed by atoms with Crippen LogP contribution in [0.4, 0.5) is 0 Å². The van der Waals surface area contributed by atoms with E-state index in [0.29, 0.717) is 0 Å². The molecule has 0 radical (unpaired) electrons. The zero-order valence-corrected chi connectivity index (χ0v) is 17.7. The van der Waals surface area contributed by atoms with Crippen LogP contribution in [-0.2, 0) is 0 Å². The van der Waals surface area contributed by atoms with Crippen molar-refractivity contribution < 1.29 is 0 Å².